The molecule has 0 saturated heterocycles. The third-order valence-electron chi connectivity index (χ3n) is 5.38. The summed E-state index contributed by atoms with van der Waals surface area (Å²) < 4.78 is 25.3. The lowest BCUT2D eigenvalue weighted by Crippen LogP contribution is -2.43. The van der Waals surface area contributed by atoms with Gasteiger partial charge in [0.15, 0.2) is 11.5 Å². The fraction of sp³-hybridized carbons (Fsp3) is 0.348. The van der Waals surface area contributed by atoms with Crippen LogP contribution < -0.4 is 14.8 Å². The predicted octanol–water partition coefficient (Wildman–Crippen LogP) is 3.28. The molecule has 0 aliphatic carbocycles. The number of hydrogen-bond donors (Lipinski definition) is 1. The fourth-order valence-electron chi connectivity index (χ4n) is 3.69. The Hall–Kier alpha value is -3.62. The molecule has 2 aromatic rings. The lowest BCUT2D eigenvalue weighted by Gasteiger charge is -2.25. The first-order valence-electron chi connectivity index (χ1n) is 10.5. The second-order valence-corrected chi connectivity index (χ2v) is 7.69. The molecule has 9 heteroatoms. The summed E-state index contributed by atoms with van der Waals surface area (Å²) in [4.78, 5) is 26.7. The summed E-state index contributed by atoms with van der Waals surface area (Å²) in [6.45, 7) is 2.45. The number of hydrogen-bond acceptors (Lipinski definition) is 5. The Morgan fingerprint density at radius 2 is 2.00 bits per heavy atom. The maximum atomic E-state index is 14.4. The minimum Gasteiger partial charge on any atom is -0.454 e. The van der Waals surface area contributed by atoms with E-state index in [-0.39, 0.29) is 25.3 Å². The van der Waals surface area contributed by atoms with Gasteiger partial charge in [-0.2, -0.15) is 5.10 Å². The number of amides is 3. The van der Waals surface area contributed by atoms with E-state index in [4.69, 9.17) is 9.47 Å². The molecule has 1 N–H and O–H groups in total. The summed E-state index contributed by atoms with van der Waals surface area (Å²) in [5, 5.41) is 8.55. The first kappa shape index (κ1) is 21.6. The van der Waals surface area contributed by atoms with Gasteiger partial charge < -0.3 is 19.7 Å². The van der Waals surface area contributed by atoms with Gasteiger partial charge in [-0.25, -0.2) is 14.2 Å². The molecule has 2 aliphatic rings. The lowest BCUT2D eigenvalue weighted by molar-refractivity contribution is -0.133. The minimum atomic E-state index is -0.460. The van der Waals surface area contributed by atoms with Crippen LogP contribution in [0.25, 0.3) is 0 Å². The Balaban J connectivity index is 1.61. The number of nitrogens with one attached hydrogen (secondary N) is 1. The second kappa shape index (κ2) is 9.25. The summed E-state index contributed by atoms with van der Waals surface area (Å²) in [5.74, 6) is 0.451. The number of ether oxygens (including phenoxy) is 2. The molecule has 1 atom stereocenters. The molecule has 0 unspecified atom stereocenters. The van der Waals surface area contributed by atoms with Crippen LogP contribution in [0, 0.1) is 5.82 Å². The average Bonchev–Trinajstić information content (AvgIpc) is 3.44. The van der Waals surface area contributed by atoms with Crippen molar-refractivity contribution in [3.05, 3.63) is 59.4 Å². The van der Waals surface area contributed by atoms with E-state index in [0.29, 0.717) is 35.7 Å². The third-order valence-corrected chi connectivity index (χ3v) is 5.38. The molecule has 0 aromatic heterocycles. The van der Waals surface area contributed by atoms with E-state index >= 15 is 0 Å². The highest BCUT2D eigenvalue weighted by Gasteiger charge is 2.35. The predicted molar refractivity (Wildman–Crippen MR) is 116 cm³/mol. The molecule has 32 heavy (non-hydrogen) atoms. The van der Waals surface area contributed by atoms with Gasteiger partial charge in [-0.1, -0.05) is 31.2 Å². The van der Waals surface area contributed by atoms with Crippen molar-refractivity contribution in [3.63, 3.8) is 0 Å². The van der Waals surface area contributed by atoms with Crippen LogP contribution in [0.1, 0.15) is 36.9 Å². The Kier molecular flexibility index (Phi) is 6.25. The number of nitrogens with zero attached hydrogens (tertiary/aromatic N) is 3. The van der Waals surface area contributed by atoms with Crippen molar-refractivity contribution in [1.82, 2.24) is 15.2 Å². The molecule has 2 aliphatic heterocycles. The van der Waals surface area contributed by atoms with E-state index in [1.165, 1.54) is 16.0 Å². The SMILES string of the molecule is CCCNC(=O)N(C)CC(=O)N1N=C(c2ccccc2F)C[C@H]1c1ccc2c(c1)OCO2. The highest BCUT2D eigenvalue weighted by Crippen LogP contribution is 2.39. The number of likely N-dealkylation sites (N-methyl/N-ethyl adjacent to an activating group) is 1. The quantitative estimate of drug-likeness (QED) is 0.747. The van der Waals surface area contributed by atoms with Crippen LogP contribution in [0.15, 0.2) is 47.6 Å². The molecule has 0 radical (unpaired) electrons. The van der Waals surface area contributed by atoms with E-state index in [1.54, 1.807) is 31.3 Å². The molecule has 0 saturated carbocycles. The Bertz CT molecular complexity index is 1060. The molecule has 8 nitrogen and oxygen atoms in total. The molecule has 4 rings (SSSR count). The monoisotopic (exact) mass is 440 g/mol. The van der Waals surface area contributed by atoms with Crippen LogP contribution in [-0.4, -0.2) is 54.5 Å². The van der Waals surface area contributed by atoms with Crippen LogP contribution >= 0.6 is 0 Å². The topological polar surface area (TPSA) is 83.5 Å². The Morgan fingerprint density at radius 3 is 2.78 bits per heavy atom. The standard InChI is InChI=1S/C23H25FN4O4/c1-3-10-25-23(30)27(2)13-22(29)28-19(15-8-9-20-21(11-15)32-14-31-20)12-18(26-28)16-6-4-5-7-17(16)24/h4-9,11,19H,3,10,12-14H2,1-2H3,(H,25,30)/t19-/m0/s1. The van der Waals surface area contributed by atoms with Crippen LogP contribution in [0.3, 0.4) is 0 Å². The maximum Gasteiger partial charge on any atom is 0.317 e. The molecular formula is C23H25FN4O4. The minimum absolute atomic E-state index is 0.140. The van der Waals surface area contributed by atoms with Crippen LogP contribution in [0.5, 0.6) is 11.5 Å². The molecular weight excluding hydrogens is 415 g/mol. The second-order valence-electron chi connectivity index (χ2n) is 7.69. The number of carbonyl (C=O) groups is 2. The van der Waals surface area contributed by atoms with Gasteiger partial charge in [0.05, 0.1) is 11.8 Å². The van der Waals surface area contributed by atoms with Gasteiger partial charge >= 0.3 is 6.03 Å². The number of carbonyl (C=O) groups excluding carboxylic acids is 2. The van der Waals surface area contributed by atoms with Crippen molar-refractivity contribution in [3.8, 4) is 11.5 Å². The molecule has 0 bridgehead atoms. The third kappa shape index (κ3) is 4.37. The zero-order chi connectivity index (χ0) is 22.7. The van der Waals surface area contributed by atoms with Gasteiger partial charge in [-0.15, -0.1) is 0 Å². The van der Waals surface area contributed by atoms with Crippen molar-refractivity contribution in [2.24, 2.45) is 5.10 Å². The first-order valence-corrected chi connectivity index (χ1v) is 10.5. The van der Waals surface area contributed by atoms with Crippen LogP contribution in [0.4, 0.5) is 9.18 Å². The maximum absolute atomic E-state index is 14.4. The molecule has 0 fully saturated rings. The van der Waals surface area contributed by atoms with E-state index in [0.717, 1.165) is 12.0 Å². The number of benzene rings is 2. The molecule has 2 aromatic carbocycles. The van der Waals surface area contributed by atoms with E-state index in [1.807, 2.05) is 19.1 Å². The number of hydrazone groups is 1. The summed E-state index contributed by atoms with van der Waals surface area (Å²) in [6.07, 6.45) is 1.13. The largest absolute Gasteiger partial charge is 0.454 e. The summed E-state index contributed by atoms with van der Waals surface area (Å²) in [7, 11) is 1.55. The molecule has 168 valence electrons. The van der Waals surface area contributed by atoms with E-state index < -0.39 is 11.9 Å². The summed E-state index contributed by atoms with van der Waals surface area (Å²) in [5.41, 5.74) is 1.61. The van der Waals surface area contributed by atoms with Crippen molar-refractivity contribution < 1.29 is 23.5 Å². The smallest absolute Gasteiger partial charge is 0.317 e. The first-order chi connectivity index (χ1) is 15.5. The highest BCUT2D eigenvalue weighted by atomic mass is 19.1. The lowest BCUT2D eigenvalue weighted by atomic mass is 9.97. The van der Waals surface area contributed by atoms with Crippen LogP contribution in [0.2, 0.25) is 0 Å². The van der Waals surface area contributed by atoms with Crippen molar-refractivity contribution >= 4 is 17.6 Å². The van der Waals surface area contributed by atoms with Gasteiger partial charge in [-0.3, -0.25) is 4.79 Å². The van der Waals surface area contributed by atoms with Crippen molar-refractivity contribution in [2.45, 2.75) is 25.8 Å². The van der Waals surface area contributed by atoms with Gasteiger partial charge in [0, 0.05) is 25.6 Å². The zero-order valence-electron chi connectivity index (χ0n) is 18.0. The van der Waals surface area contributed by atoms with E-state index in [2.05, 4.69) is 10.4 Å². The number of rotatable bonds is 6. The Morgan fingerprint density at radius 1 is 1.22 bits per heavy atom. The molecule has 3 amide bonds. The number of fused-ring (bicyclic) bond motifs is 1. The zero-order valence-corrected chi connectivity index (χ0v) is 18.0. The summed E-state index contributed by atoms with van der Waals surface area (Å²) in [6, 6.07) is 11.0. The van der Waals surface area contributed by atoms with Crippen molar-refractivity contribution in [1.29, 1.82) is 0 Å². The van der Waals surface area contributed by atoms with Gasteiger partial charge in [0.1, 0.15) is 12.4 Å². The van der Waals surface area contributed by atoms with Gasteiger partial charge in [-0.05, 0) is 30.2 Å². The summed E-state index contributed by atoms with van der Waals surface area (Å²) >= 11 is 0. The number of halogens is 1. The molecule has 0 spiro atoms. The van der Waals surface area contributed by atoms with Gasteiger partial charge in [0.25, 0.3) is 5.91 Å². The normalized spacial score (nSPS) is 16.7. The van der Waals surface area contributed by atoms with Crippen molar-refractivity contribution in [2.75, 3.05) is 26.9 Å². The highest BCUT2D eigenvalue weighted by molar-refractivity contribution is 6.03. The molecule has 2 heterocycles. The van der Waals surface area contributed by atoms with Crippen LogP contribution in [-0.2, 0) is 4.79 Å². The number of urea groups is 1. The Labute approximate surface area is 185 Å². The average molecular weight is 440 g/mol. The van der Waals surface area contributed by atoms with E-state index in [9.17, 15) is 14.0 Å². The fourth-order valence-corrected chi connectivity index (χ4v) is 3.69. The van der Waals surface area contributed by atoms with Gasteiger partial charge in [0.2, 0.25) is 6.79 Å².